The SMILES string of the molecule is CCC1CCC(C(O)c2ncc(C)cc2C)CC1. The van der Waals surface area contributed by atoms with Crippen molar-refractivity contribution in [2.45, 2.75) is 59.0 Å². The van der Waals surface area contributed by atoms with Crippen LogP contribution in [-0.4, -0.2) is 10.1 Å². The van der Waals surface area contributed by atoms with Gasteiger partial charge in [-0.2, -0.15) is 0 Å². The molecule has 100 valence electrons. The molecule has 1 saturated carbocycles. The van der Waals surface area contributed by atoms with E-state index in [4.69, 9.17) is 0 Å². The topological polar surface area (TPSA) is 33.1 Å². The second-order valence-electron chi connectivity index (χ2n) is 5.85. The highest BCUT2D eigenvalue weighted by Gasteiger charge is 2.28. The first-order valence-corrected chi connectivity index (χ1v) is 7.23. The zero-order valence-electron chi connectivity index (χ0n) is 11.8. The fourth-order valence-corrected chi connectivity index (χ4v) is 3.17. The molecule has 1 heterocycles. The Labute approximate surface area is 110 Å². The van der Waals surface area contributed by atoms with Crippen LogP contribution in [0, 0.1) is 25.7 Å². The molecule has 2 nitrogen and oxygen atoms in total. The van der Waals surface area contributed by atoms with Gasteiger partial charge in [-0.3, -0.25) is 4.98 Å². The zero-order valence-corrected chi connectivity index (χ0v) is 11.8. The standard InChI is InChI=1S/C16H25NO/c1-4-13-5-7-14(8-6-13)16(18)15-12(3)9-11(2)10-17-15/h9-10,13-14,16,18H,4-8H2,1-3H3. The lowest BCUT2D eigenvalue weighted by Crippen LogP contribution is -2.21. The third-order valence-electron chi connectivity index (χ3n) is 4.45. The minimum absolute atomic E-state index is 0.372. The summed E-state index contributed by atoms with van der Waals surface area (Å²) in [6, 6.07) is 2.11. The Bertz CT molecular complexity index is 394. The second-order valence-corrected chi connectivity index (χ2v) is 5.85. The molecule has 1 aliphatic carbocycles. The number of aryl methyl sites for hydroxylation is 2. The number of aliphatic hydroxyl groups excluding tert-OH is 1. The Morgan fingerprint density at radius 2 is 1.94 bits per heavy atom. The van der Waals surface area contributed by atoms with Crippen molar-refractivity contribution in [2.24, 2.45) is 11.8 Å². The Hall–Kier alpha value is -0.890. The van der Waals surface area contributed by atoms with Crippen LogP contribution >= 0.6 is 0 Å². The molecule has 1 unspecified atom stereocenters. The average molecular weight is 247 g/mol. The first-order valence-electron chi connectivity index (χ1n) is 7.23. The highest BCUT2D eigenvalue weighted by atomic mass is 16.3. The first-order chi connectivity index (χ1) is 8.61. The second kappa shape index (κ2) is 5.83. The van der Waals surface area contributed by atoms with Crippen LogP contribution in [-0.2, 0) is 0 Å². The average Bonchev–Trinajstić information content (AvgIpc) is 2.38. The predicted octanol–water partition coefficient (Wildman–Crippen LogP) is 3.95. The van der Waals surface area contributed by atoms with Gasteiger partial charge in [-0.05, 0) is 49.7 Å². The molecule has 0 aliphatic heterocycles. The maximum atomic E-state index is 10.5. The first kappa shape index (κ1) is 13.5. The number of pyridine rings is 1. The molecule has 1 N–H and O–H groups in total. The number of hydrogen-bond donors (Lipinski definition) is 1. The molecule has 0 aromatic carbocycles. The molecule has 1 aromatic rings. The monoisotopic (exact) mass is 247 g/mol. The summed E-state index contributed by atoms with van der Waals surface area (Å²) < 4.78 is 0. The molecule has 1 atom stereocenters. The van der Waals surface area contributed by atoms with Gasteiger partial charge < -0.3 is 5.11 Å². The normalized spacial score (nSPS) is 26.0. The van der Waals surface area contributed by atoms with E-state index in [1.54, 1.807) is 0 Å². The van der Waals surface area contributed by atoms with Gasteiger partial charge >= 0.3 is 0 Å². The molecule has 2 rings (SSSR count). The fraction of sp³-hybridized carbons (Fsp3) is 0.688. The molecule has 0 bridgehead atoms. The van der Waals surface area contributed by atoms with Gasteiger partial charge in [-0.15, -0.1) is 0 Å². The van der Waals surface area contributed by atoms with Crippen LogP contribution in [0.4, 0.5) is 0 Å². The Morgan fingerprint density at radius 1 is 1.28 bits per heavy atom. The van der Waals surface area contributed by atoms with E-state index in [9.17, 15) is 5.11 Å². The number of aliphatic hydroxyl groups is 1. The van der Waals surface area contributed by atoms with E-state index in [0.29, 0.717) is 5.92 Å². The lowest BCUT2D eigenvalue weighted by molar-refractivity contribution is 0.0690. The van der Waals surface area contributed by atoms with Crippen molar-refractivity contribution < 1.29 is 5.11 Å². The van der Waals surface area contributed by atoms with E-state index in [1.165, 1.54) is 19.3 Å². The highest BCUT2D eigenvalue weighted by Crippen LogP contribution is 2.38. The van der Waals surface area contributed by atoms with E-state index >= 15 is 0 Å². The third kappa shape index (κ3) is 2.92. The Balaban J connectivity index is 2.05. The summed E-state index contributed by atoms with van der Waals surface area (Å²) in [6.07, 6.45) is 7.60. The van der Waals surface area contributed by atoms with Gasteiger partial charge in [-0.25, -0.2) is 0 Å². The Kier molecular flexibility index (Phi) is 4.39. The molecule has 0 radical (unpaired) electrons. The van der Waals surface area contributed by atoms with Crippen LogP contribution in [0.1, 0.15) is 62.0 Å². The van der Waals surface area contributed by atoms with E-state index in [-0.39, 0.29) is 6.10 Å². The molecule has 0 spiro atoms. The molecule has 1 aromatic heterocycles. The van der Waals surface area contributed by atoms with Crippen LogP contribution in [0.15, 0.2) is 12.3 Å². The quantitative estimate of drug-likeness (QED) is 0.877. The minimum Gasteiger partial charge on any atom is -0.387 e. The van der Waals surface area contributed by atoms with Crippen molar-refractivity contribution in [3.8, 4) is 0 Å². The summed E-state index contributed by atoms with van der Waals surface area (Å²) in [5.41, 5.74) is 3.18. The minimum atomic E-state index is -0.372. The summed E-state index contributed by atoms with van der Waals surface area (Å²) >= 11 is 0. The van der Waals surface area contributed by atoms with Crippen LogP contribution in [0.25, 0.3) is 0 Å². The van der Waals surface area contributed by atoms with Crippen molar-refractivity contribution in [2.75, 3.05) is 0 Å². The molecule has 0 saturated heterocycles. The largest absolute Gasteiger partial charge is 0.387 e. The summed E-state index contributed by atoms with van der Waals surface area (Å²) in [4.78, 5) is 4.44. The number of aromatic nitrogens is 1. The fourth-order valence-electron chi connectivity index (χ4n) is 3.17. The maximum Gasteiger partial charge on any atom is 0.0990 e. The van der Waals surface area contributed by atoms with Gasteiger partial charge in [0.15, 0.2) is 0 Å². The molecule has 1 aliphatic rings. The summed E-state index contributed by atoms with van der Waals surface area (Å²) in [5, 5.41) is 10.5. The van der Waals surface area contributed by atoms with Gasteiger partial charge in [0.05, 0.1) is 11.8 Å². The lowest BCUT2D eigenvalue weighted by Gasteiger charge is -2.31. The Morgan fingerprint density at radius 3 is 2.50 bits per heavy atom. The molecule has 2 heteroatoms. The number of nitrogens with zero attached hydrogens (tertiary/aromatic N) is 1. The molecule has 18 heavy (non-hydrogen) atoms. The highest BCUT2D eigenvalue weighted by molar-refractivity contribution is 5.25. The van der Waals surface area contributed by atoms with E-state index < -0.39 is 0 Å². The molecule has 0 amide bonds. The van der Waals surface area contributed by atoms with Crippen LogP contribution < -0.4 is 0 Å². The van der Waals surface area contributed by atoms with Crippen LogP contribution in [0.2, 0.25) is 0 Å². The summed E-state index contributed by atoms with van der Waals surface area (Å²) in [5.74, 6) is 1.28. The van der Waals surface area contributed by atoms with Gasteiger partial charge in [0.25, 0.3) is 0 Å². The maximum absolute atomic E-state index is 10.5. The van der Waals surface area contributed by atoms with Crippen molar-refractivity contribution >= 4 is 0 Å². The smallest absolute Gasteiger partial charge is 0.0990 e. The lowest BCUT2D eigenvalue weighted by atomic mass is 9.77. The van der Waals surface area contributed by atoms with Gasteiger partial charge in [0, 0.05) is 6.20 Å². The number of rotatable bonds is 3. The van der Waals surface area contributed by atoms with Crippen molar-refractivity contribution in [3.05, 3.63) is 29.1 Å². The zero-order chi connectivity index (χ0) is 13.1. The van der Waals surface area contributed by atoms with Crippen LogP contribution in [0.3, 0.4) is 0 Å². The van der Waals surface area contributed by atoms with Crippen molar-refractivity contribution in [3.63, 3.8) is 0 Å². The van der Waals surface area contributed by atoms with E-state index in [2.05, 4.69) is 24.9 Å². The van der Waals surface area contributed by atoms with Gasteiger partial charge in [0.2, 0.25) is 0 Å². The van der Waals surface area contributed by atoms with Crippen molar-refractivity contribution in [1.82, 2.24) is 4.98 Å². The van der Waals surface area contributed by atoms with E-state index in [1.807, 2.05) is 13.1 Å². The van der Waals surface area contributed by atoms with E-state index in [0.717, 1.165) is 35.6 Å². The molecular formula is C16H25NO. The van der Waals surface area contributed by atoms with Gasteiger partial charge in [-0.1, -0.05) is 32.3 Å². The summed E-state index contributed by atoms with van der Waals surface area (Å²) in [7, 11) is 0. The summed E-state index contributed by atoms with van der Waals surface area (Å²) in [6.45, 7) is 6.37. The third-order valence-corrected chi connectivity index (χ3v) is 4.45. The van der Waals surface area contributed by atoms with Gasteiger partial charge in [0.1, 0.15) is 0 Å². The molecular weight excluding hydrogens is 222 g/mol. The number of hydrogen-bond acceptors (Lipinski definition) is 2. The van der Waals surface area contributed by atoms with Crippen LogP contribution in [0.5, 0.6) is 0 Å². The molecule has 1 fully saturated rings. The predicted molar refractivity (Wildman–Crippen MR) is 74.4 cm³/mol. The van der Waals surface area contributed by atoms with Crippen molar-refractivity contribution in [1.29, 1.82) is 0 Å².